The first kappa shape index (κ1) is 12.2. The molecule has 0 saturated carbocycles. The highest BCUT2D eigenvalue weighted by Crippen LogP contribution is 1.93. The molecule has 0 aliphatic carbocycles. The summed E-state index contributed by atoms with van der Waals surface area (Å²) >= 11 is 0. The second-order valence-electron chi connectivity index (χ2n) is 4.00. The molecule has 2 N–H and O–H groups in total. The zero-order valence-corrected chi connectivity index (χ0v) is 9.64. The number of hydrogen-bond acceptors (Lipinski definition) is 4. The Balaban J connectivity index is 2.19. The number of likely N-dealkylation sites (N-methyl/N-ethyl adjacent to an activating group) is 1. The second-order valence-corrected chi connectivity index (χ2v) is 4.00. The minimum Gasteiger partial charge on any atom is -0.390 e. The smallest absolute Gasteiger partial charge is 0.122 e. The van der Waals surface area contributed by atoms with Crippen molar-refractivity contribution in [2.45, 2.75) is 12.6 Å². The molecule has 1 atom stereocenters. The van der Waals surface area contributed by atoms with E-state index in [-0.39, 0.29) is 6.10 Å². The Morgan fingerprint density at radius 3 is 2.87 bits per heavy atom. The van der Waals surface area contributed by atoms with Gasteiger partial charge in [0.05, 0.1) is 12.6 Å². The summed E-state index contributed by atoms with van der Waals surface area (Å²) in [5.41, 5.74) is 0. The van der Waals surface area contributed by atoms with Crippen LogP contribution < -0.4 is 5.32 Å². The lowest BCUT2D eigenvalue weighted by Gasteiger charge is -2.16. The standard InChI is InChI=1S/C10H20N4O/c1-13(2)8-9(15)6-11-7-10-12-4-5-14(10)3/h4-5,9,11,15H,6-8H2,1-3H3. The van der Waals surface area contributed by atoms with Gasteiger partial charge < -0.3 is 19.9 Å². The molecule has 1 aromatic heterocycles. The maximum Gasteiger partial charge on any atom is 0.122 e. The SMILES string of the molecule is CN(C)CC(O)CNCc1nccn1C. The van der Waals surface area contributed by atoms with E-state index >= 15 is 0 Å². The van der Waals surface area contributed by atoms with Crippen LogP contribution in [0.1, 0.15) is 5.82 Å². The van der Waals surface area contributed by atoms with Crippen LogP contribution in [0.25, 0.3) is 0 Å². The summed E-state index contributed by atoms with van der Waals surface area (Å²) in [5.74, 6) is 0.979. The monoisotopic (exact) mass is 212 g/mol. The molecule has 0 radical (unpaired) electrons. The van der Waals surface area contributed by atoms with Crippen LogP contribution in [-0.4, -0.2) is 52.8 Å². The highest BCUT2D eigenvalue weighted by Gasteiger charge is 2.05. The van der Waals surface area contributed by atoms with Gasteiger partial charge in [0.2, 0.25) is 0 Å². The zero-order chi connectivity index (χ0) is 11.3. The molecule has 1 aromatic rings. The van der Waals surface area contributed by atoms with Crippen molar-refractivity contribution in [1.29, 1.82) is 0 Å². The van der Waals surface area contributed by atoms with Crippen LogP contribution in [0.2, 0.25) is 0 Å². The van der Waals surface area contributed by atoms with E-state index in [4.69, 9.17) is 0 Å². The molecule has 5 heteroatoms. The molecule has 0 aromatic carbocycles. The largest absolute Gasteiger partial charge is 0.390 e. The van der Waals surface area contributed by atoms with Crippen molar-refractivity contribution in [2.75, 3.05) is 27.2 Å². The van der Waals surface area contributed by atoms with E-state index in [9.17, 15) is 5.11 Å². The number of nitrogens with zero attached hydrogens (tertiary/aromatic N) is 3. The van der Waals surface area contributed by atoms with Crippen molar-refractivity contribution in [2.24, 2.45) is 7.05 Å². The van der Waals surface area contributed by atoms with Crippen molar-refractivity contribution in [3.05, 3.63) is 18.2 Å². The third-order valence-corrected chi connectivity index (χ3v) is 2.16. The molecule has 1 rings (SSSR count). The predicted molar refractivity (Wildman–Crippen MR) is 59.5 cm³/mol. The Kier molecular flexibility index (Phi) is 4.74. The summed E-state index contributed by atoms with van der Waals surface area (Å²) in [6.07, 6.45) is 3.35. The van der Waals surface area contributed by atoms with Crippen molar-refractivity contribution in [3.63, 3.8) is 0 Å². The van der Waals surface area contributed by atoms with Crippen molar-refractivity contribution in [3.8, 4) is 0 Å². The Labute approximate surface area is 90.7 Å². The highest BCUT2D eigenvalue weighted by molar-refractivity contribution is 4.90. The van der Waals surface area contributed by atoms with Crippen LogP contribution >= 0.6 is 0 Å². The van der Waals surface area contributed by atoms with Crippen LogP contribution in [0.15, 0.2) is 12.4 Å². The molecule has 0 bridgehead atoms. The number of hydrogen-bond donors (Lipinski definition) is 2. The van der Waals surface area contributed by atoms with E-state index < -0.39 is 0 Å². The predicted octanol–water partition coefficient (Wildman–Crippen LogP) is -0.568. The molecule has 0 aliphatic heterocycles. The van der Waals surface area contributed by atoms with Crippen LogP contribution in [-0.2, 0) is 13.6 Å². The van der Waals surface area contributed by atoms with Gasteiger partial charge in [-0.05, 0) is 14.1 Å². The van der Waals surface area contributed by atoms with Gasteiger partial charge in [0.15, 0.2) is 0 Å². The lowest BCUT2D eigenvalue weighted by Crippen LogP contribution is -2.35. The van der Waals surface area contributed by atoms with Gasteiger partial charge in [-0.2, -0.15) is 0 Å². The summed E-state index contributed by atoms with van der Waals surface area (Å²) in [5, 5.41) is 12.8. The first-order valence-corrected chi connectivity index (χ1v) is 5.09. The number of rotatable bonds is 6. The van der Waals surface area contributed by atoms with Crippen LogP contribution in [0, 0.1) is 0 Å². The van der Waals surface area contributed by atoms with E-state index in [0.29, 0.717) is 19.6 Å². The average molecular weight is 212 g/mol. The minimum atomic E-state index is -0.333. The lowest BCUT2D eigenvalue weighted by molar-refractivity contribution is 0.134. The topological polar surface area (TPSA) is 53.3 Å². The Morgan fingerprint density at radius 2 is 2.33 bits per heavy atom. The van der Waals surface area contributed by atoms with Gasteiger partial charge in [-0.15, -0.1) is 0 Å². The number of aromatic nitrogens is 2. The fourth-order valence-corrected chi connectivity index (χ4v) is 1.40. The molecule has 0 fully saturated rings. The Morgan fingerprint density at radius 1 is 1.60 bits per heavy atom. The van der Waals surface area contributed by atoms with Gasteiger partial charge in [0.1, 0.15) is 5.82 Å². The van der Waals surface area contributed by atoms with E-state index in [1.807, 2.05) is 36.8 Å². The van der Waals surface area contributed by atoms with Crippen LogP contribution in [0.3, 0.4) is 0 Å². The van der Waals surface area contributed by atoms with Gasteiger partial charge in [-0.3, -0.25) is 0 Å². The van der Waals surface area contributed by atoms with E-state index in [0.717, 1.165) is 5.82 Å². The molecular formula is C10H20N4O. The zero-order valence-electron chi connectivity index (χ0n) is 9.64. The summed E-state index contributed by atoms with van der Waals surface area (Å²) in [6, 6.07) is 0. The van der Waals surface area contributed by atoms with Crippen LogP contribution in [0.4, 0.5) is 0 Å². The number of imidazole rings is 1. The van der Waals surface area contributed by atoms with Gasteiger partial charge in [-0.1, -0.05) is 0 Å². The summed E-state index contributed by atoms with van der Waals surface area (Å²) in [4.78, 5) is 6.15. The fourth-order valence-electron chi connectivity index (χ4n) is 1.40. The minimum absolute atomic E-state index is 0.333. The first-order valence-electron chi connectivity index (χ1n) is 5.09. The number of aliphatic hydroxyl groups excluding tert-OH is 1. The molecule has 86 valence electrons. The third-order valence-electron chi connectivity index (χ3n) is 2.16. The van der Waals surface area contributed by atoms with Gasteiger partial charge in [0.25, 0.3) is 0 Å². The molecule has 0 spiro atoms. The summed E-state index contributed by atoms with van der Waals surface area (Å²) < 4.78 is 1.96. The third kappa shape index (κ3) is 4.42. The Bertz CT molecular complexity index is 285. The van der Waals surface area contributed by atoms with E-state index in [2.05, 4.69) is 10.3 Å². The molecule has 5 nitrogen and oxygen atoms in total. The normalized spacial score (nSPS) is 13.4. The molecule has 15 heavy (non-hydrogen) atoms. The van der Waals surface area contributed by atoms with Gasteiger partial charge in [-0.25, -0.2) is 4.98 Å². The number of aryl methyl sites for hydroxylation is 1. The lowest BCUT2D eigenvalue weighted by atomic mass is 10.3. The molecule has 0 amide bonds. The Hall–Kier alpha value is -0.910. The van der Waals surface area contributed by atoms with E-state index in [1.165, 1.54) is 0 Å². The molecule has 1 unspecified atom stereocenters. The quantitative estimate of drug-likeness (QED) is 0.663. The average Bonchev–Trinajstić information content (AvgIpc) is 2.50. The maximum atomic E-state index is 9.59. The molecule has 0 aliphatic rings. The molecule has 1 heterocycles. The van der Waals surface area contributed by atoms with Crippen molar-refractivity contribution >= 4 is 0 Å². The van der Waals surface area contributed by atoms with Gasteiger partial charge >= 0.3 is 0 Å². The van der Waals surface area contributed by atoms with Gasteiger partial charge in [0, 0.05) is 32.5 Å². The number of aliphatic hydroxyl groups is 1. The van der Waals surface area contributed by atoms with Crippen molar-refractivity contribution < 1.29 is 5.11 Å². The number of nitrogens with one attached hydrogen (secondary N) is 1. The molecular weight excluding hydrogens is 192 g/mol. The highest BCUT2D eigenvalue weighted by atomic mass is 16.3. The van der Waals surface area contributed by atoms with Crippen LogP contribution in [0.5, 0.6) is 0 Å². The summed E-state index contributed by atoms with van der Waals surface area (Å²) in [6.45, 7) is 1.95. The fraction of sp³-hybridized carbons (Fsp3) is 0.700. The molecule has 0 saturated heterocycles. The summed E-state index contributed by atoms with van der Waals surface area (Å²) in [7, 11) is 5.85. The van der Waals surface area contributed by atoms with E-state index in [1.54, 1.807) is 6.20 Å². The van der Waals surface area contributed by atoms with Crippen molar-refractivity contribution in [1.82, 2.24) is 19.8 Å². The first-order chi connectivity index (χ1) is 7.09. The maximum absolute atomic E-state index is 9.59. The second kappa shape index (κ2) is 5.85.